The smallest absolute Gasteiger partial charge is 0.238 e. The third kappa shape index (κ3) is 5.18. The molecule has 1 amide bonds. The van der Waals surface area contributed by atoms with Gasteiger partial charge < -0.3 is 5.32 Å². The molecule has 1 heterocycles. The van der Waals surface area contributed by atoms with Gasteiger partial charge in [0, 0.05) is 11.3 Å². The summed E-state index contributed by atoms with van der Waals surface area (Å²) in [4.78, 5) is 16.4. The lowest BCUT2D eigenvalue weighted by Gasteiger charge is -2.05. The van der Waals surface area contributed by atoms with Crippen molar-refractivity contribution < 1.29 is 13.2 Å². The highest BCUT2D eigenvalue weighted by molar-refractivity contribution is 7.99. The number of carbonyl (C=O) groups is 1. The number of nitrogens with two attached hydrogens (primary N) is 1. The molecule has 0 bridgehead atoms. The molecule has 0 aliphatic heterocycles. The number of carbonyl (C=O) groups excluding carboxylic acids is 1. The number of nitrogens with zero attached hydrogens (tertiary/aromatic N) is 2. The quantitative estimate of drug-likeness (QED) is 0.506. The fourth-order valence-electron chi connectivity index (χ4n) is 2.42. The number of sulfonamides is 1. The maximum atomic E-state index is 12.1. The number of rotatable bonds is 7. The molecule has 28 heavy (non-hydrogen) atoms. The molecule has 0 unspecified atom stereocenters. The zero-order chi connectivity index (χ0) is 20.1. The van der Waals surface area contributed by atoms with Gasteiger partial charge in [-0.2, -0.15) is 0 Å². The van der Waals surface area contributed by atoms with Gasteiger partial charge in [-0.15, -0.1) is 5.10 Å². The minimum Gasteiger partial charge on any atom is -0.325 e. The van der Waals surface area contributed by atoms with E-state index >= 15 is 0 Å². The first-order valence-corrected chi connectivity index (χ1v) is 11.0. The first kappa shape index (κ1) is 20.1. The Bertz CT molecular complexity index is 1080. The molecule has 3 rings (SSSR count). The van der Waals surface area contributed by atoms with Crippen LogP contribution in [0.4, 0.5) is 5.69 Å². The molecule has 0 atom stereocenters. The predicted molar refractivity (Wildman–Crippen MR) is 108 cm³/mol. The average molecular weight is 418 g/mol. The van der Waals surface area contributed by atoms with E-state index in [9.17, 15) is 13.2 Å². The zero-order valence-electron chi connectivity index (χ0n) is 15.0. The van der Waals surface area contributed by atoms with Gasteiger partial charge in [0.15, 0.2) is 5.82 Å². The van der Waals surface area contributed by atoms with Crippen LogP contribution in [0.5, 0.6) is 0 Å². The lowest BCUT2D eigenvalue weighted by Crippen LogP contribution is -2.16. The lowest BCUT2D eigenvalue weighted by atomic mass is 10.1. The number of benzene rings is 2. The molecule has 0 fully saturated rings. The zero-order valence-corrected chi connectivity index (χ0v) is 16.7. The molecule has 3 aromatic rings. The van der Waals surface area contributed by atoms with E-state index in [4.69, 9.17) is 5.14 Å². The largest absolute Gasteiger partial charge is 0.325 e. The molecule has 146 valence electrons. The number of anilines is 1. The highest BCUT2D eigenvalue weighted by Gasteiger charge is 2.11. The van der Waals surface area contributed by atoms with Crippen molar-refractivity contribution in [2.45, 2.75) is 23.4 Å². The van der Waals surface area contributed by atoms with Crippen molar-refractivity contribution in [3.8, 4) is 11.4 Å². The van der Waals surface area contributed by atoms with Crippen molar-refractivity contribution >= 4 is 33.4 Å². The van der Waals surface area contributed by atoms with Gasteiger partial charge in [0.25, 0.3) is 0 Å². The second kappa shape index (κ2) is 8.55. The monoisotopic (exact) mass is 417 g/mol. The van der Waals surface area contributed by atoms with E-state index in [0.717, 1.165) is 12.0 Å². The fourth-order valence-corrected chi connectivity index (χ4v) is 3.57. The number of nitrogens with one attached hydrogen (secondary N) is 2. The molecule has 0 aliphatic carbocycles. The van der Waals surface area contributed by atoms with Crippen molar-refractivity contribution in [1.82, 2.24) is 15.2 Å². The average Bonchev–Trinajstić information content (AvgIpc) is 3.15. The van der Waals surface area contributed by atoms with Gasteiger partial charge in [0.05, 0.1) is 10.6 Å². The molecule has 0 saturated heterocycles. The van der Waals surface area contributed by atoms with Gasteiger partial charge in [0.2, 0.25) is 21.1 Å². The minimum absolute atomic E-state index is 0.0642. The third-order valence-electron chi connectivity index (χ3n) is 3.88. The maximum Gasteiger partial charge on any atom is 0.238 e. The summed E-state index contributed by atoms with van der Waals surface area (Å²) in [6, 6.07) is 13.8. The van der Waals surface area contributed by atoms with Gasteiger partial charge in [-0.25, -0.2) is 18.5 Å². The van der Waals surface area contributed by atoms with Crippen LogP contribution in [0.3, 0.4) is 0 Å². The standard InChI is InChI=1S/C18H19N5O3S2/c1-2-12-6-8-13(9-7-12)17-21-18(23-22-17)27-11-16(24)20-14-4-3-5-15(10-14)28(19,25)26/h3-10H,2,11H2,1H3,(H,20,24)(H2,19,25,26)(H,21,22,23). The number of thioether (sulfide) groups is 1. The van der Waals surface area contributed by atoms with E-state index in [1.54, 1.807) is 6.07 Å². The molecule has 10 heteroatoms. The first-order valence-electron chi connectivity index (χ1n) is 8.42. The molecule has 0 radical (unpaired) electrons. The molecule has 0 spiro atoms. The Balaban J connectivity index is 1.59. The molecule has 0 saturated carbocycles. The normalized spacial score (nSPS) is 11.4. The highest BCUT2D eigenvalue weighted by atomic mass is 32.2. The number of primary sulfonamides is 1. The lowest BCUT2D eigenvalue weighted by molar-refractivity contribution is -0.113. The van der Waals surface area contributed by atoms with Crippen LogP contribution in [-0.2, 0) is 21.2 Å². The number of hydrogen-bond acceptors (Lipinski definition) is 6. The summed E-state index contributed by atoms with van der Waals surface area (Å²) >= 11 is 1.17. The Kier molecular flexibility index (Phi) is 6.12. The van der Waals surface area contributed by atoms with Crippen LogP contribution in [0.1, 0.15) is 12.5 Å². The van der Waals surface area contributed by atoms with Gasteiger partial charge in [-0.1, -0.05) is 49.0 Å². The summed E-state index contributed by atoms with van der Waals surface area (Å²) in [5.41, 5.74) is 2.51. The summed E-state index contributed by atoms with van der Waals surface area (Å²) in [5.74, 6) is 0.396. The van der Waals surface area contributed by atoms with E-state index < -0.39 is 10.0 Å². The number of aromatic nitrogens is 3. The minimum atomic E-state index is -3.83. The first-order chi connectivity index (χ1) is 13.3. The highest BCUT2D eigenvalue weighted by Crippen LogP contribution is 2.20. The Morgan fingerprint density at radius 2 is 1.96 bits per heavy atom. The Labute approximate surface area is 167 Å². The van der Waals surface area contributed by atoms with Crippen LogP contribution >= 0.6 is 11.8 Å². The molecular formula is C18H19N5O3S2. The molecular weight excluding hydrogens is 398 g/mol. The van der Waals surface area contributed by atoms with E-state index in [0.29, 0.717) is 16.7 Å². The number of hydrogen-bond donors (Lipinski definition) is 3. The van der Waals surface area contributed by atoms with Crippen LogP contribution in [0.25, 0.3) is 11.4 Å². The Morgan fingerprint density at radius 1 is 1.21 bits per heavy atom. The SMILES string of the molecule is CCc1ccc(-c2nc(SCC(=O)Nc3cccc(S(N)(=O)=O)c3)n[nH]2)cc1. The maximum absolute atomic E-state index is 12.1. The van der Waals surface area contributed by atoms with Crippen molar-refractivity contribution in [1.29, 1.82) is 0 Å². The molecule has 4 N–H and O–H groups in total. The summed E-state index contributed by atoms with van der Waals surface area (Å²) < 4.78 is 22.8. The summed E-state index contributed by atoms with van der Waals surface area (Å²) in [7, 11) is -3.83. The van der Waals surface area contributed by atoms with Crippen LogP contribution in [-0.4, -0.2) is 35.3 Å². The molecule has 0 aliphatic rings. The van der Waals surface area contributed by atoms with Gasteiger partial charge in [-0.3, -0.25) is 9.89 Å². The van der Waals surface area contributed by atoms with E-state index in [1.165, 1.54) is 35.5 Å². The Morgan fingerprint density at radius 3 is 2.64 bits per heavy atom. The van der Waals surface area contributed by atoms with E-state index in [1.807, 2.05) is 24.3 Å². The van der Waals surface area contributed by atoms with Crippen LogP contribution < -0.4 is 10.5 Å². The summed E-state index contributed by atoms with van der Waals surface area (Å²) in [6.45, 7) is 2.09. The van der Waals surface area contributed by atoms with E-state index in [-0.39, 0.29) is 16.6 Å². The fraction of sp³-hybridized carbons (Fsp3) is 0.167. The number of H-pyrrole nitrogens is 1. The van der Waals surface area contributed by atoms with Crippen molar-refractivity contribution in [2.75, 3.05) is 11.1 Å². The third-order valence-corrected chi connectivity index (χ3v) is 5.64. The van der Waals surface area contributed by atoms with Crippen molar-refractivity contribution in [3.05, 3.63) is 54.1 Å². The van der Waals surface area contributed by atoms with Gasteiger partial charge in [-0.05, 0) is 30.2 Å². The summed E-state index contributed by atoms with van der Waals surface area (Å²) in [5, 5.41) is 15.1. The second-order valence-electron chi connectivity index (χ2n) is 5.93. The number of amides is 1. The van der Waals surface area contributed by atoms with Crippen LogP contribution in [0.15, 0.2) is 58.6 Å². The van der Waals surface area contributed by atoms with Crippen LogP contribution in [0, 0.1) is 0 Å². The van der Waals surface area contributed by atoms with Crippen molar-refractivity contribution in [3.63, 3.8) is 0 Å². The molecule has 8 nitrogen and oxygen atoms in total. The van der Waals surface area contributed by atoms with Gasteiger partial charge >= 0.3 is 0 Å². The van der Waals surface area contributed by atoms with Gasteiger partial charge in [0.1, 0.15) is 0 Å². The van der Waals surface area contributed by atoms with Crippen molar-refractivity contribution in [2.24, 2.45) is 5.14 Å². The summed E-state index contributed by atoms with van der Waals surface area (Å²) in [6.07, 6.45) is 0.965. The van der Waals surface area contributed by atoms with E-state index in [2.05, 4.69) is 27.4 Å². The Hall–Kier alpha value is -2.69. The van der Waals surface area contributed by atoms with Crippen LogP contribution in [0.2, 0.25) is 0 Å². The molecule has 2 aromatic carbocycles. The molecule has 1 aromatic heterocycles. The predicted octanol–water partition coefficient (Wildman–Crippen LogP) is 2.41. The number of aromatic amines is 1. The number of aryl methyl sites for hydroxylation is 1. The second-order valence-corrected chi connectivity index (χ2v) is 8.43. The topological polar surface area (TPSA) is 131 Å².